The number of hydrogen-bond donors (Lipinski definition) is 1. The summed E-state index contributed by atoms with van der Waals surface area (Å²) in [5.74, 6) is 0.283. The first-order chi connectivity index (χ1) is 14.6. The van der Waals surface area contributed by atoms with Crippen LogP contribution < -0.4 is 0 Å². The molecule has 0 saturated carbocycles. The fourth-order valence-electron chi connectivity index (χ4n) is 3.49. The van der Waals surface area contributed by atoms with Crippen LogP contribution in [0.4, 0.5) is 4.39 Å². The number of hydrogen-bond acceptors (Lipinski definition) is 5. The number of rotatable bonds is 4. The van der Waals surface area contributed by atoms with Gasteiger partial charge in [-0.05, 0) is 47.0 Å². The molecule has 7 heteroatoms. The van der Waals surface area contributed by atoms with E-state index in [1.807, 2.05) is 43.4 Å². The van der Waals surface area contributed by atoms with Gasteiger partial charge in [-0.1, -0.05) is 30.3 Å². The predicted octanol–water partition coefficient (Wildman–Crippen LogP) is 5.06. The summed E-state index contributed by atoms with van der Waals surface area (Å²) in [7, 11) is 1.84. The normalized spacial score (nSPS) is 11.3. The molecule has 5 nitrogen and oxygen atoms in total. The van der Waals surface area contributed by atoms with Gasteiger partial charge in [0.1, 0.15) is 17.2 Å². The zero-order chi connectivity index (χ0) is 20.7. The number of fused-ring (bicyclic) bond motifs is 1. The molecule has 5 rings (SSSR count). The number of thiazole rings is 1. The van der Waals surface area contributed by atoms with E-state index in [2.05, 4.69) is 16.3 Å². The summed E-state index contributed by atoms with van der Waals surface area (Å²) < 4.78 is 16.9. The highest BCUT2D eigenvalue weighted by molar-refractivity contribution is 7.21. The van der Waals surface area contributed by atoms with Crippen LogP contribution in [-0.2, 0) is 13.7 Å². The van der Waals surface area contributed by atoms with Gasteiger partial charge in [0, 0.05) is 18.2 Å². The Morgan fingerprint density at radius 2 is 1.87 bits per heavy atom. The van der Waals surface area contributed by atoms with Crippen LogP contribution in [-0.4, -0.2) is 24.9 Å². The predicted molar refractivity (Wildman–Crippen MR) is 116 cm³/mol. The molecule has 0 aliphatic carbocycles. The molecule has 0 radical (unpaired) electrons. The molecule has 2 heterocycles. The topological polar surface area (TPSA) is 63.8 Å². The van der Waals surface area contributed by atoms with Crippen molar-refractivity contribution in [3.63, 3.8) is 0 Å². The second kappa shape index (κ2) is 7.44. The van der Waals surface area contributed by atoms with Gasteiger partial charge in [0.15, 0.2) is 5.82 Å². The number of aliphatic hydroxyl groups is 1. The molecular formula is C23H17FN4OS. The lowest BCUT2D eigenvalue weighted by molar-refractivity contribution is 0.282. The van der Waals surface area contributed by atoms with E-state index >= 15 is 0 Å². The van der Waals surface area contributed by atoms with Crippen molar-refractivity contribution >= 4 is 21.6 Å². The van der Waals surface area contributed by atoms with Crippen molar-refractivity contribution in [1.29, 1.82) is 0 Å². The maximum absolute atomic E-state index is 14.0. The molecule has 148 valence electrons. The van der Waals surface area contributed by atoms with E-state index in [0.717, 1.165) is 37.5 Å². The van der Waals surface area contributed by atoms with Gasteiger partial charge in [-0.3, -0.25) is 0 Å². The fraction of sp³-hybridized carbons (Fsp3) is 0.0870. The highest BCUT2D eigenvalue weighted by atomic mass is 32.1. The molecule has 0 spiro atoms. The van der Waals surface area contributed by atoms with Crippen LogP contribution in [0.5, 0.6) is 0 Å². The number of halogens is 1. The molecule has 0 saturated heterocycles. The van der Waals surface area contributed by atoms with E-state index < -0.39 is 0 Å². The first-order valence-electron chi connectivity index (χ1n) is 9.37. The molecule has 0 aliphatic rings. The minimum absolute atomic E-state index is 0.00627. The summed E-state index contributed by atoms with van der Waals surface area (Å²) >= 11 is 1.60. The third-order valence-corrected chi connectivity index (χ3v) is 6.07. The standard InChI is InChI=1S/C23H17FN4OS/c1-28-13-25-27-22(28)19-11-17(24)6-7-18(19)15-3-2-4-16(10-15)23-26-20-9-14(12-29)5-8-21(20)30-23/h2-11,13,29H,12H2,1H3. The summed E-state index contributed by atoms with van der Waals surface area (Å²) in [6.07, 6.45) is 1.60. The van der Waals surface area contributed by atoms with E-state index in [0.29, 0.717) is 11.4 Å². The van der Waals surface area contributed by atoms with Gasteiger partial charge in [0.05, 0.1) is 16.8 Å². The van der Waals surface area contributed by atoms with Gasteiger partial charge in [-0.15, -0.1) is 21.5 Å². The van der Waals surface area contributed by atoms with E-state index in [-0.39, 0.29) is 12.4 Å². The van der Waals surface area contributed by atoms with Crippen LogP contribution in [0.3, 0.4) is 0 Å². The summed E-state index contributed by atoms with van der Waals surface area (Å²) in [4.78, 5) is 4.75. The minimum Gasteiger partial charge on any atom is -0.392 e. The molecule has 0 atom stereocenters. The van der Waals surface area contributed by atoms with Crippen LogP contribution >= 0.6 is 11.3 Å². The Morgan fingerprint density at radius 3 is 2.67 bits per heavy atom. The van der Waals surface area contributed by atoms with Gasteiger partial charge in [-0.25, -0.2) is 9.37 Å². The molecule has 30 heavy (non-hydrogen) atoms. The first kappa shape index (κ1) is 18.6. The molecule has 3 aromatic carbocycles. The number of aliphatic hydroxyl groups excluding tert-OH is 1. The lowest BCUT2D eigenvalue weighted by Crippen LogP contribution is -1.95. The minimum atomic E-state index is -0.321. The number of aromatic nitrogens is 4. The fourth-order valence-corrected chi connectivity index (χ4v) is 4.44. The summed E-state index contributed by atoms with van der Waals surface area (Å²) in [6, 6.07) is 18.5. The quantitative estimate of drug-likeness (QED) is 0.445. The van der Waals surface area contributed by atoms with Crippen molar-refractivity contribution in [2.75, 3.05) is 0 Å². The average Bonchev–Trinajstić information content (AvgIpc) is 3.39. The Morgan fingerprint density at radius 1 is 1.00 bits per heavy atom. The second-order valence-corrected chi connectivity index (χ2v) is 8.05. The molecule has 0 fully saturated rings. The smallest absolute Gasteiger partial charge is 0.164 e. The largest absolute Gasteiger partial charge is 0.392 e. The molecule has 1 N–H and O–H groups in total. The van der Waals surface area contributed by atoms with Crippen molar-refractivity contribution in [3.8, 4) is 33.1 Å². The van der Waals surface area contributed by atoms with Gasteiger partial charge in [0.25, 0.3) is 0 Å². The Labute approximate surface area is 176 Å². The maximum atomic E-state index is 14.0. The molecule has 0 aliphatic heterocycles. The van der Waals surface area contributed by atoms with Gasteiger partial charge in [-0.2, -0.15) is 0 Å². The highest BCUT2D eigenvalue weighted by Crippen LogP contribution is 2.36. The zero-order valence-corrected chi connectivity index (χ0v) is 16.9. The Balaban J connectivity index is 1.62. The molecule has 2 aromatic heterocycles. The lowest BCUT2D eigenvalue weighted by Gasteiger charge is -2.10. The zero-order valence-electron chi connectivity index (χ0n) is 16.1. The lowest BCUT2D eigenvalue weighted by atomic mass is 9.97. The van der Waals surface area contributed by atoms with Gasteiger partial charge in [0.2, 0.25) is 0 Å². The summed E-state index contributed by atoms with van der Waals surface area (Å²) in [5.41, 5.74) is 5.19. The third-order valence-electron chi connectivity index (χ3n) is 4.99. The van der Waals surface area contributed by atoms with E-state index in [9.17, 15) is 9.50 Å². The molecule has 0 amide bonds. The molecular weight excluding hydrogens is 399 g/mol. The average molecular weight is 416 g/mol. The van der Waals surface area contributed by atoms with Gasteiger partial charge >= 0.3 is 0 Å². The Bertz CT molecular complexity index is 1370. The van der Waals surface area contributed by atoms with Crippen LogP contribution in [0.25, 0.3) is 43.3 Å². The molecule has 0 unspecified atom stereocenters. The van der Waals surface area contributed by atoms with Gasteiger partial charge < -0.3 is 9.67 Å². The highest BCUT2D eigenvalue weighted by Gasteiger charge is 2.15. The van der Waals surface area contributed by atoms with E-state index in [1.165, 1.54) is 12.1 Å². The third kappa shape index (κ3) is 3.28. The maximum Gasteiger partial charge on any atom is 0.164 e. The monoisotopic (exact) mass is 416 g/mol. The molecule has 0 bridgehead atoms. The van der Waals surface area contributed by atoms with Crippen molar-refractivity contribution in [3.05, 3.63) is 78.4 Å². The van der Waals surface area contributed by atoms with Crippen molar-refractivity contribution in [2.45, 2.75) is 6.61 Å². The second-order valence-electron chi connectivity index (χ2n) is 7.02. The Hall–Kier alpha value is -3.42. The van der Waals surface area contributed by atoms with Crippen molar-refractivity contribution < 1.29 is 9.50 Å². The summed E-state index contributed by atoms with van der Waals surface area (Å²) in [5, 5.41) is 18.3. The summed E-state index contributed by atoms with van der Waals surface area (Å²) in [6.45, 7) is -0.00627. The number of nitrogens with zero attached hydrogens (tertiary/aromatic N) is 4. The Kier molecular flexibility index (Phi) is 4.61. The van der Waals surface area contributed by atoms with Crippen LogP contribution in [0.15, 0.2) is 67.0 Å². The van der Waals surface area contributed by atoms with E-state index in [4.69, 9.17) is 4.98 Å². The van der Waals surface area contributed by atoms with Crippen LogP contribution in [0.2, 0.25) is 0 Å². The number of aryl methyl sites for hydroxylation is 1. The van der Waals surface area contributed by atoms with Crippen molar-refractivity contribution in [1.82, 2.24) is 19.7 Å². The van der Waals surface area contributed by atoms with Crippen molar-refractivity contribution in [2.24, 2.45) is 7.05 Å². The molecule has 5 aromatic rings. The van der Waals surface area contributed by atoms with E-state index in [1.54, 1.807) is 28.3 Å². The SMILES string of the molecule is Cn1cnnc1-c1cc(F)ccc1-c1cccc(-c2nc3cc(CO)ccc3s2)c1. The first-order valence-corrected chi connectivity index (χ1v) is 10.2. The number of benzene rings is 3. The van der Waals surface area contributed by atoms with Crippen LogP contribution in [0.1, 0.15) is 5.56 Å². The van der Waals surface area contributed by atoms with Crippen LogP contribution in [0, 0.1) is 5.82 Å².